The summed E-state index contributed by atoms with van der Waals surface area (Å²) in [6.45, 7) is 1.77. The molecule has 0 spiro atoms. The molecule has 5 heteroatoms. The normalized spacial score (nSPS) is 12.1. The molecule has 1 aromatic heterocycles. The molecule has 1 aromatic carbocycles. The van der Waals surface area contributed by atoms with Crippen LogP contribution in [0.5, 0.6) is 0 Å². The molecule has 94 valence electrons. The van der Waals surface area contributed by atoms with Gasteiger partial charge >= 0.3 is 5.97 Å². The third kappa shape index (κ3) is 2.11. The van der Waals surface area contributed by atoms with Gasteiger partial charge in [0.1, 0.15) is 5.52 Å². The molecule has 2 aromatic rings. The van der Waals surface area contributed by atoms with Crippen LogP contribution in [-0.4, -0.2) is 20.9 Å². The van der Waals surface area contributed by atoms with Gasteiger partial charge in [-0.2, -0.15) is 5.10 Å². The highest BCUT2D eigenvalue weighted by atomic mass is 19.1. The second-order valence-corrected chi connectivity index (χ2v) is 4.03. The van der Waals surface area contributed by atoms with Gasteiger partial charge in [-0.05, 0) is 24.1 Å². The van der Waals surface area contributed by atoms with Crippen molar-refractivity contribution in [2.75, 3.05) is 0 Å². The van der Waals surface area contributed by atoms with Crippen molar-refractivity contribution in [3.05, 3.63) is 35.3 Å². The predicted octanol–water partition coefficient (Wildman–Crippen LogP) is 2.59. The van der Waals surface area contributed by atoms with Gasteiger partial charge in [0.05, 0.1) is 0 Å². The molecular formula is C13H13FN2O2. The molecule has 0 radical (unpaired) electrons. The number of aromatic nitrogens is 2. The summed E-state index contributed by atoms with van der Waals surface area (Å²) < 4.78 is 15.1. The van der Waals surface area contributed by atoms with Gasteiger partial charge in [-0.15, -0.1) is 0 Å². The van der Waals surface area contributed by atoms with Crippen LogP contribution in [0.1, 0.15) is 18.9 Å². The highest BCUT2D eigenvalue weighted by molar-refractivity contribution is 5.96. The summed E-state index contributed by atoms with van der Waals surface area (Å²) in [5.41, 5.74) is 1.21. The third-order valence-electron chi connectivity index (χ3n) is 2.76. The molecule has 1 heterocycles. The van der Waals surface area contributed by atoms with E-state index < -0.39 is 11.8 Å². The Morgan fingerprint density at radius 1 is 1.56 bits per heavy atom. The maximum atomic E-state index is 13.5. The molecule has 0 saturated carbocycles. The fourth-order valence-electron chi connectivity index (χ4n) is 1.84. The van der Waals surface area contributed by atoms with E-state index in [-0.39, 0.29) is 11.1 Å². The van der Waals surface area contributed by atoms with E-state index in [1.807, 2.05) is 0 Å². The number of rotatable bonds is 3. The molecule has 0 amide bonds. The Hall–Kier alpha value is -2.17. The zero-order valence-corrected chi connectivity index (χ0v) is 10.1. The minimum atomic E-state index is -0.959. The summed E-state index contributed by atoms with van der Waals surface area (Å²) in [5.74, 6) is -1.37. The van der Waals surface area contributed by atoms with Crippen molar-refractivity contribution < 1.29 is 14.3 Å². The number of benzene rings is 1. The molecule has 1 N–H and O–H groups in total. The number of nitrogens with zero attached hydrogens (tertiary/aromatic N) is 2. The molecule has 0 bridgehead atoms. The highest BCUT2D eigenvalue weighted by Crippen LogP contribution is 2.23. The fraction of sp³-hybridized carbons (Fsp3) is 0.231. The molecule has 0 atom stereocenters. The Kier molecular flexibility index (Phi) is 3.14. The molecule has 0 aliphatic heterocycles. The quantitative estimate of drug-likeness (QED) is 0.849. The van der Waals surface area contributed by atoms with Crippen molar-refractivity contribution in [1.82, 2.24) is 9.78 Å². The van der Waals surface area contributed by atoms with Crippen LogP contribution in [0, 0.1) is 5.82 Å². The summed E-state index contributed by atoms with van der Waals surface area (Å²) in [7, 11) is 1.70. The Labute approximate surface area is 103 Å². The van der Waals surface area contributed by atoms with Crippen LogP contribution in [0.3, 0.4) is 0 Å². The largest absolute Gasteiger partial charge is 0.478 e. The van der Waals surface area contributed by atoms with E-state index in [9.17, 15) is 9.18 Å². The van der Waals surface area contributed by atoms with E-state index in [0.29, 0.717) is 17.4 Å². The van der Waals surface area contributed by atoms with Gasteiger partial charge in [0.2, 0.25) is 0 Å². The zero-order valence-electron chi connectivity index (χ0n) is 10.1. The van der Waals surface area contributed by atoms with Gasteiger partial charge in [0.15, 0.2) is 5.82 Å². The fourth-order valence-corrected chi connectivity index (χ4v) is 1.84. The Morgan fingerprint density at radius 2 is 2.28 bits per heavy atom. The first-order valence-corrected chi connectivity index (χ1v) is 5.58. The van der Waals surface area contributed by atoms with Crippen molar-refractivity contribution in [3.63, 3.8) is 0 Å². The molecule has 0 fully saturated rings. The van der Waals surface area contributed by atoms with Crippen LogP contribution in [0.2, 0.25) is 0 Å². The second kappa shape index (κ2) is 4.60. The number of carbonyl (C=O) groups is 1. The maximum Gasteiger partial charge on any atom is 0.331 e. The minimum absolute atomic E-state index is 0.257. The average Bonchev–Trinajstić information content (AvgIpc) is 2.71. The second-order valence-electron chi connectivity index (χ2n) is 4.03. The number of carboxylic acids is 1. The lowest BCUT2D eigenvalue weighted by Crippen LogP contribution is -1.98. The molecule has 0 saturated heterocycles. The first-order valence-electron chi connectivity index (χ1n) is 5.58. The van der Waals surface area contributed by atoms with Crippen LogP contribution in [0.25, 0.3) is 17.0 Å². The zero-order chi connectivity index (χ0) is 13.3. The lowest BCUT2D eigenvalue weighted by atomic mass is 10.1. The van der Waals surface area contributed by atoms with Crippen molar-refractivity contribution in [2.45, 2.75) is 13.3 Å². The summed E-state index contributed by atoms with van der Waals surface area (Å²) in [4.78, 5) is 11.0. The Balaban J connectivity index is 2.65. The maximum absolute atomic E-state index is 13.5. The first-order chi connectivity index (χ1) is 8.52. The van der Waals surface area contributed by atoms with Crippen LogP contribution in [0.15, 0.2) is 23.9 Å². The monoisotopic (exact) mass is 248 g/mol. The van der Waals surface area contributed by atoms with E-state index in [1.54, 1.807) is 32.3 Å². The number of hydrogen-bond acceptors (Lipinski definition) is 2. The van der Waals surface area contributed by atoms with Crippen LogP contribution < -0.4 is 0 Å². The van der Waals surface area contributed by atoms with Gasteiger partial charge in [-0.25, -0.2) is 9.18 Å². The summed E-state index contributed by atoms with van der Waals surface area (Å²) in [6.07, 6.45) is 3.65. The van der Waals surface area contributed by atoms with Crippen LogP contribution in [-0.2, 0) is 11.8 Å². The standard InChI is InChI=1S/C13H13FN2O2/c1-3-8(13(17)18)6-9-4-5-11(14)12-10(9)7-16(2)15-12/h4-7H,3H2,1-2H3,(H,17,18)/b8-6+. The SMILES string of the molecule is CC/C(=C\c1ccc(F)c2nn(C)cc12)C(=O)O. The van der Waals surface area contributed by atoms with Crippen molar-refractivity contribution in [2.24, 2.45) is 7.05 Å². The smallest absolute Gasteiger partial charge is 0.331 e. The predicted molar refractivity (Wildman–Crippen MR) is 66.6 cm³/mol. The molecule has 0 aliphatic carbocycles. The average molecular weight is 248 g/mol. The van der Waals surface area contributed by atoms with Crippen molar-refractivity contribution in [3.8, 4) is 0 Å². The van der Waals surface area contributed by atoms with Crippen molar-refractivity contribution in [1.29, 1.82) is 0 Å². The molecule has 0 unspecified atom stereocenters. The van der Waals surface area contributed by atoms with E-state index in [0.717, 1.165) is 0 Å². The number of hydrogen-bond donors (Lipinski definition) is 1. The van der Waals surface area contributed by atoms with E-state index >= 15 is 0 Å². The number of fused-ring (bicyclic) bond motifs is 1. The van der Waals surface area contributed by atoms with Gasteiger partial charge in [-0.1, -0.05) is 13.0 Å². The molecular weight excluding hydrogens is 235 g/mol. The highest BCUT2D eigenvalue weighted by Gasteiger charge is 2.10. The molecule has 2 rings (SSSR count). The molecule has 4 nitrogen and oxygen atoms in total. The number of carboxylic acid groups (broad SMARTS) is 1. The van der Waals surface area contributed by atoms with Crippen LogP contribution in [0.4, 0.5) is 4.39 Å². The number of halogens is 1. The molecule has 18 heavy (non-hydrogen) atoms. The van der Waals surface area contributed by atoms with Gasteiger partial charge in [-0.3, -0.25) is 4.68 Å². The van der Waals surface area contributed by atoms with Gasteiger partial charge in [0, 0.05) is 24.2 Å². The Morgan fingerprint density at radius 3 is 2.89 bits per heavy atom. The summed E-state index contributed by atoms with van der Waals surface area (Å²) in [6, 6.07) is 2.87. The van der Waals surface area contributed by atoms with E-state index in [4.69, 9.17) is 5.11 Å². The minimum Gasteiger partial charge on any atom is -0.478 e. The van der Waals surface area contributed by atoms with Crippen LogP contribution >= 0.6 is 0 Å². The third-order valence-corrected chi connectivity index (χ3v) is 2.76. The van der Waals surface area contributed by atoms with E-state index in [1.165, 1.54) is 10.7 Å². The summed E-state index contributed by atoms with van der Waals surface area (Å²) >= 11 is 0. The number of aryl methyl sites for hydroxylation is 1. The first kappa shape index (κ1) is 12.3. The lowest BCUT2D eigenvalue weighted by molar-refractivity contribution is -0.132. The Bertz CT molecular complexity index is 644. The topological polar surface area (TPSA) is 55.1 Å². The summed E-state index contributed by atoms with van der Waals surface area (Å²) in [5, 5.41) is 13.6. The van der Waals surface area contributed by atoms with Crippen molar-refractivity contribution >= 4 is 22.9 Å². The molecule has 0 aliphatic rings. The number of aliphatic carboxylic acids is 1. The van der Waals surface area contributed by atoms with Gasteiger partial charge in [0.25, 0.3) is 0 Å². The van der Waals surface area contributed by atoms with Gasteiger partial charge < -0.3 is 5.11 Å². The lowest BCUT2D eigenvalue weighted by Gasteiger charge is -2.00. The van der Waals surface area contributed by atoms with E-state index in [2.05, 4.69) is 5.10 Å².